The number of rotatable bonds is 6. The summed E-state index contributed by atoms with van der Waals surface area (Å²) >= 11 is 2.84. The van der Waals surface area contributed by atoms with Gasteiger partial charge in [-0.1, -0.05) is 29.2 Å². The van der Waals surface area contributed by atoms with Crippen LogP contribution in [0.15, 0.2) is 22.5 Å². The molecule has 9 heteroatoms. The summed E-state index contributed by atoms with van der Waals surface area (Å²) in [5.41, 5.74) is 0.905. The number of amides is 1. The number of carbonyl (C=O) groups excluding carboxylic acids is 1. The van der Waals surface area contributed by atoms with E-state index in [2.05, 4.69) is 41.6 Å². The van der Waals surface area contributed by atoms with E-state index in [0.717, 1.165) is 26.5 Å². The fourth-order valence-electron chi connectivity index (χ4n) is 2.46. The number of benzene rings is 1. The van der Waals surface area contributed by atoms with Crippen molar-refractivity contribution in [3.8, 4) is 11.5 Å². The first kappa shape index (κ1) is 19.8. The van der Waals surface area contributed by atoms with Crippen molar-refractivity contribution in [2.45, 2.75) is 43.6 Å². The largest absolute Gasteiger partial charge is 0.486 e. The molecule has 0 spiro atoms. The Bertz CT molecular complexity index is 804. The summed E-state index contributed by atoms with van der Waals surface area (Å²) in [6, 6.07) is 5.62. The van der Waals surface area contributed by atoms with Crippen LogP contribution in [0.4, 0.5) is 5.13 Å². The highest BCUT2D eigenvalue weighted by Gasteiger charge is 2.17. The lowest BCUT2D eigenvalue weighted by molar-refractivity contribution is -0.119. The minimum absolute atomic E-state index is 0.0529. The van der Waals surface area contributed by atoms with E-state index in [1.54, 1.807) is 0 Å². The van der Waals surface area contributed by atoms with Gasteiger partial charge in [-0.2, -0.15) is 0 Å². The second-order valence-electron chi connectivity index (χ2n) is 7.23. The molecule has 3 rings (SSSR count). The van der Waals surface area contributed by atoms with Crippen LogP contribution in [0.3, 0.4) is 0 Å². The van der Waals surface area contributed by atoms with Crippen LogP contribution >= 0.6 is 23.1 Å². The number of nitrogens with zero attached hydrogens (tertiary/aromatic N) is 2. The number of aromatic nitrogens is 2. The summed E-state index contributed by atoms with van der Waals surface area (Å²) in [7, 11) is 0. The molecule has 1 atom stereocenters. The van der Waals surface area contributed by atoms with Crippen LogP contribution in [-0.2, 0) is 4.79 Å². The van der Waals surface area contributed by atoms with Crippen LogP contribution < -0.4 is 20.1 Å². The quantitative estimate of drug-likeness (QED) is 0.708. The molecule has 2 heterocycles. The van der Waals surface area contributed by atoms with Crippen molar-refractivity contribution in [2.24, 2.45) is 0 Å². The Morgan fingerprint density at radius 3 is 2.74 bits per heavy atom. The van der Waals surface area contributed by atoms with Crippen LogP contribution in [0.25, 0.3) is 0 Å². The highest BCUT2D eigenvalue weighted by molar-refractivity contribution is 8.01. The standard InChI is InChI=1S/C18H24N4O3S2/c1-11(12-5-6-13-14(9-12)25-8-7-24-13)19-15(23)10-26-17-22-21-16(27-17)20-18(2,3)4/h5-6,9,11H,7-8,10H2,1-4H3,(H,19,23)(H,20,21). The Balaban J connectivity index is 1.50. The van der Waals surface area contributed by atoms with E-state index in [0.29, 0.717) is 19.0 Å². The predicted octanol–water partition coefficient (Wildman–Crippen LogP) is 3.49. The summed E-state index contributed by atoms with van der Waals surface area (Å²) in [5, 5.41) is 15.3. The lowest BCUT2D eigenvalue weighted by Gasteiger charge is -2.21. The minimum atomic E-state index is -0.124. The fraction of sp³-hybridized carbons (Fsp3) is 0.500. The van der Waals surface area contributed by atoms with Crippen LogP contribution in [-0.4, -0.2) is 40.6 Å². The first-order valence-electron chi connectivity index (χ1n) is 8.73. The molecule has 1 aliphatic heterocycles. The molecule has 0 aliphatic carbocycles. The molecule has 27 heavy (non-hydrogen) atoms. The van der Waals surface area contributed by atoms with E-state index in [-0.39, 0.29) is 17.5 Å². The molecule has 1 unspecified atom stereocenters. The highest BCUT2D eigenvalue weighted by atomic mass is 32.2. The van der Waals surface area contributed by atoms with Gasteiger partial charge >= 0.3 is 0 Å². The molecule has 0 radical (unpaired) electrons. The zero-order chi connectivity index (χ0) is 19.4. The average Bonchev–Trinajstić information content (AvgIpc) is 3.05. The van der Waals surface area contributed by atoms with E-state index in [1.807, 2.05) is 25.1 Å². The predicted molar refractivity (Wildman–Crippen MR) is 108 cm³/mol. The maximum Gasteiger partial charge on any atom is 0.230 e. The van der Waals surface area contributed by atoms with Gasteiger partial charge in [0.15, 0.2) is 15.8 Å². The average molecular weight is 409 g/mol. The molecular weight excluding hydrogens is 384 g/mol. The van der Waals surface area contributed by atoms with Gasteiger partial charge < -0.3 is 20.1 Å². The van der Waals surface area contributed by atoms with Gasteiger partial charge in [0.1, 0.15) is 13.2 Å². The highest BCUT2D eigenvalue weighted by Crippen LogP contribution is 2.32. The Morgan fingerprint density at radius 2 is 2.00 bits per heavy atom. The molecule has 1 aromatic carbocycles. The third kappa shape index (κ3) is 5.74. The molecule has 1 aliphatic rings. The number of thioether (sulfide) groups is 1. The fourth-order valence-corrected chi connectivity index (χ4v) is 4.23. The number of nitrogens with one attached hydrogen (secondary N) is 2. The number of hydrogen-bond acceptors (Lipinski definition) is 8. The van der Waals surface area contributed by atoms with Crippen molar-refractivity contribution in [2.75, 3.05) is 24.3 Å². The van der Waals surface area contributed by atoms with E-state index in [1.165, 1.54) is 23.1 Å². The van der Waals surface area contributed by atoms with E-state index in [9.17, 15) is 4.79 Å². The molecule has 7 nitrogen and oxygen atoms in total. The minimum Gasteiger partial charge on any atom is -0.486 e. The third-order valence-corrected chi connectivity index (χ3v) is 5.63. The lowest BCUT2D eigenvalue weighted by atomic mass is 10.1. The maximum atomic E-state index is 12.3. The number of carbonyl (C=O) groups is 1. The van der Waals surface area contributed by atoms with Gasteiger partial charge in [-0.25, -0.2) is 0 Å². The van der Waals surface area contributed by atoms with E-state index in [4.69, 9.17) is 9.47 Å². The molecule has 0 fully saturated rings. The molecule has 1 amide bonds. The van der Waals surface area contributed by atoms with Crippen molar-refractivity contribution < 1.29 is 14.3 Å². The molecular formula is C18H24N4O3S2. The lowest BCUT2D eigenvalue weighted by Crippen LogP contribution is -2.28. The smallest absolute Gasteiger partial charge is 0.230 e. The Kier molecular flexibility index (Phi) is 6.11. The Hall–Kier alpha value is -2.00. The zero-order valence-electron chi connectivity index (χ0n) is 15.9. The molecule has 0 saturated heterocycles. The Labute approximate surface area is 167 Å². The summed E-state index contributed by atoms with van der Waals surface area (Å²) < 4.78 is 11.9. The molecule has 2 aromatic rings. The second-order valence-corrected chi connectivity index (χ2v) is 9.43. The number of fused-ring (bicyclic) bond motifs is 1. The van der Waals surface area contributed by atoms with Crippen molar-refractivity contribution in [1.29, 1.82) is 0 Å². The Morgan fingerprint density at radius 1 is 1.26 bits per heavy atom. The molecule has 2 N–H and O–H groups in total. The number of hydrogen-bond donors (Lipinski definition) is 2. The molecule has 0 saturated carbocycles. The van der Waals surface area contributed by atoms with Crippen LogP contribution in [0, 0.1) is 0 Å². The van der Waals surface area contributed by atoms with Gasteiger partial charge in [0.05, 0.1) is 11.8 Å². The van der Waals surface area contributed by atoms with Gasteiger partial charge in [0.2, 0.25) is 11.0 Å². The normalized spacial score (nSPS) is 14.5. The summed E-state index contributed by atoms with van der Waals surface area (Å²) in [5.74, 6) is 1.71. The van der Waals surface area contributed by atoms with Crippen molar-refractivity contribution in [3.63, 3.8) is 0 Å². The van der Waals surface area contributed by atoms with Gasteiger partial charge in [-0.15, -0.1) is 10.2 Å². The number of ether oxygens (including phenoxy) is 2. The second kappa shape index (κ2) is 8.35. The van der Waals surface area contributed by atoms with Crippen LogP contribution in [0.5, 0.6) is 11.5 Å². The van der Waals surface area contributed by atoms with E-state index < -0.39 is 0 Å². The van der Waals surface area contributed by atoms with Crippen molar-refractivity contribution in [3.05, 3.63) is 23.8 Å². The maximum absolute atomic E-state index is 12.3. The first-order valence-corrected chi connectivity index (χ1v) is 10.5. The SMILES string of the molecule is CC(NC(=O)CSc1nnc(NC(C)(C)C)s1)c1ccc2c(c1)OCCO2. The summed E-state index contributed by atoms with van der Waals surface area (Å²) in [4.78, 5) is 12.3. The van der Waals surface area contributed by atoms with Crippen molar-refractivity contribution >= 4 is 34.1 Å². The topological polar surface area (TPSA) is 85.4 Å². The number of anilines is 1. The molecule has 146 valence electrons. The summed E-state index contributed by atoms with van der Waals surface area (Å²) in [6.45, 7) is 9.25. The third-order valence-electron chi connectivity index (χ3n) is 3.66. The first-order chi connectivity index (χ1) is 12.8. The van der Waals surface area contributed by atoms with E-state index >= 15 is 0 Å². The van der Waals surface area contributed by atoms with Crippen LogP contribution in [0.2, 0.25) is 0 Å². The van der Waals surface area contributed by atoms with Gasteiger partial charge in [0.25, 0.3) is 0 Å². The molecule has 1 aromatic heterocycles. The van der Waals surface area contributed by atoms with Crippen molar-refractivity contribution in [1.82, 2.24) is 15.5 Å². The zero-order valence-corrected chi connectivity index (χ0v) is 17.5. The van der Waals surface area contributed by atoms with Gasteiger partial charge in [-0.3, -0.25) is 4.79 Å². The van der Waals surface area contributed by atoms with Gasteiger partial charge in [0, 0.05) is 5.54 Å². The van der Waals surface area contributed by atoms with Crippen LogP contribution in [0.1, 0.15) is 39.3 Å². The summed E-state index contributed by atoms with van der Waals surface area (Å²) in [6.07, 6.45) is 0. The molecule has 0 bridgehead atoms. The van der Waals surface area contributed by atoms with Gasteiger partial charge in [-0.05, 0) is 45.4 Å². The monoisotopic (exact) mass is 408 g/mol.